The molecular formula is C34H37ClN8O4S. The normalized spacial score (nSPS) is 19.2. The SMILES string of the molecule is CN1CCN=C1c1ccc(C(=O)N2CCN(S(=O)(=O)c3cc4cc(Cl)ccc4[nH]3)CC2CC(=O)N2CCN(c3ccncc3)CC2)cc1. The van der Waals surface area contributed by atoms with Crippen molar-refractivity contribution in [2.75, 3.05) is 70.9 Å². The van der Waals surface area contributed by atoms with Crippen molar-refractivity contribution in [1.29, 1.82) is 0 Å². The molecule has 0 bridgehead atoms. The second-order valence-corrected chi connectivity index (χ2v) is 14.7. The Balaban J connectivity index is 1.11. The molecule has 2 amide bonds. The van der Waals surface area contributed by atoms with Gasteiger partial charge < -0.3 is 24.6 Å². The van der Waals surface area contributed by atoms with Crippen LogP contribution in [0.2, 0.25) is 5.02 Å². The van der Waals surface area contributed by atoms with E-state index in [0.717, 1.165) is 30.2 Å². The number of nitrogens with one attached hydrogen (secondary N) is 1. The van der Waals surface area contributed by atoms with E-state index in [2.05, 4.69) is 24.8 Å². The number of aromatic nitrogens is 2. The number of carbonyl (C=O) groups is 2. The molecule has 2 aromatic heterocycles. The van der Waals surface area contributed by atoms with Crippen molar-refractivity contribution < 1.29 is 18.0 Å². The number of sulfonamides is 1. The fourth-order valence-electron chi connectivity index (χ4n) is 6.71. The first-order valence-electron chi connectivity index (χ1n) is 16.1. The third kappa shape index (κ3) is 6.37. The van der Waals surface area contributed by atoms with Crippen LogP contribution in [0.25, 0.3) is 10.9 Å². The van der Waals surface area contributed by atoms with Gasteiger partial charge in [-0.1, -0.05) is 23.7 Å². The summed E-state index contributed by atoms with van der Waals surface area (Å²) in [5, 5.41) is 1.24. The van der Waals surface area contributed by atoms with E-state index in [4.69, 9.17) is 11.6 Å². The zero-order chi connectivity index (χ0) is 33.4. The molecule has 0 spiro atoms. The topological polar surface area (TPSA) is 126 Å². The second kappa shape index (κ2) is 13.2. The molecule has 2 aromatic carbocycles. The molecule has 48 heavy (non-hydrogen) atoms. The number of carbonyl (C=O) groups excluding carboxylic acids is 2. The maximum absolute atomic E-state index is 14.0. The van der Waals surface area contributed by atoms with Crippen LogP contribution in [0.15, 0.2) is 83.1 Å². The van der Waals surface area contributed by atoms with Crippen LogP contribution in [0.5, 0.6) is 0 Å². The molecule has 7 rings (SSSR count). The summed E-state index contributed by atoms with van der Waals surface area (Å²) in [6, 6.07) is 17.3. The van der Waals surface area contributed by atoms with E-state index in [-0.39, 0.29) is 42.9 Å². The van der Waals surface area contributed by atoms with E-state index >= 15 is 0 Å². The molecule has 2 fully saturated rings. The van der Waals surface area contributed by atoms with Gasteiger partial charge in [0.1, 0.15) is 10.9 Å². The number of rotatable bonds is 7. The fraction of sp³-hybridized carbons (Fsp3) is 0.353. The van der Waals surface area contributed by atoms with Crippen LogP contribution in [0.3, 0.4) is 0 Å². The van der Waals surface area contributed by atoms with Crippen LogP contribution < -0.4 is 4.90 Å². The second-order valence-electron chi connectivity index (χ2n) is 12.4. The van der Waals surface area contributed by atoms with Gasteiger partial charge in [-0.25, -0.2) is 8.42 Å². The number of hydrogen-bond acceptors (Lipinski definition) is 8. The van der Waals surface area contributed by atoms with Gasteiger partial charge in [0.15, 0.2) is 0 Å². The fourth-order valence-corrected chi connectivity index (χ4v) is 8.38. The molecular weight excluding hydrogens is 652 g/mol. The Morgan fingerprint density at radius 2 is 1.67 bits per heavy atom. The van der Waals surface area contributed by atoms with E-state index in [1.165, 1.54) is 4.31 Å². The first-order valence-corrected chi connectivity index (χ1v) is 17.9. The molecule has 3 aliphatic heterocycles. The molecule has 14 heteroatoms. The van der Waals surface area contributed by atoms with Crippen LogP contribution in [-0.4, -0.2) is 127 Å². The number of hydrogen-bond donors (Lipinski definition) is 1. The van der Waals surface area contributed by atoms with Gasteiger partial charge in [-0.3, -0.25) is 19.6 Å². The number of aromatic amines is 1. The molecule has 1 N–H and O–H groups in total. The molecule has 12 nitrogen and oxygen atoms in total. The predicted octanol–water partition coefficient (Wildman–Crippen LogP) is 3.16. The summed E-state index contributed by atoms with van der Waals surface area (Å²) in [7, 11) is -1.97. The third-order valence-electron chi connectivity index (χ3n) is 9.40. The Morgan fingerprint density at radius 3 is 2.38 bits per heavy atom. The highest BCUT2D eigenvalue weighted by Gasteiger charge is 2.39. The number of nitrogens with zero attached hydrogens (tertiary/aromatic N) is 7. The van der Waals surface area contributed by atoms with Gasteiger partial charge in [-0.2, -0.15) is 4.31 Å². The Labute approximate surface area is 284 Å². The average Bonchev–Trinajstić information content (AvgIpc) is 3.74. The number of likely N-dealkylation sites (N-methyl/N-ethyl adjacent to an activating group) is 1. The largest absolute Gasteiger partial charge is 0.368 e. The Hall–Kier alpha value is -4.46. The summed E-state index contributed by atoms with van der Waals surface area (Å²) in [6.07, 6.45) is 3.51. The zero-order valence-electron chi connectivity index (χ0n) is 26.6. The molecule has 4 aromatic rings. The first kappa shape index (κ1) is 32.1. The van der Waals surface area contributed by atoms with Crippen molar-refractivity contribution in [2.24, 2.45) is 4.99 Å². The van der Waals surface area contributed by atoms with Crippen molar-refractivity contribution >= 4 is 55.9 Å². The molecule has 1 unspecified atom stereocenters. The lowest BCUT2D eigenvalue weighted by Gasteiger charge is -2.42. The quantitative estimate of drug-likeness (QED) is 0.316. The summed E-state index contributed by atoms with van der Waals surface area (Å²) in [5.41, 5.74) is 3.12. The zero-order valence-corrected chi connectivity index (χ0v) is 28.2. The van der Waals surface area contributed by atoms with Crippen molar-refractivity contribution in [3.8, 4) is 0 Å². The average molecular weight is 689 g/mol. The van der Waals surface area contributed by atoms with E-state index in [0.29, 0.717) is 47.7 Å². The molecule has 0 saturated carbocycles. The Kier molecular flexibility index (Phi) is 8.84. The Bertz CT molecular complexity index is 1960. The van der Waals surface area contributed by atoms with Gasteiger partial charge in [0.05, 0.1) is 12.6 Å². The molecule has 3 aliphatic rings. The number of pyridine rings is 1. The predicted molar refractivity (Wildman–Crippen MR) is 185 cm³/mol. The number of fused-ring (bicyclic) bond motifs is 1. The number of halogens is 1. The molecule has 0 radical (unpaired) electrons. The van der Waals surface area contributed by atoms with E-state index < -0.39 is 16.1 Å². The monoisotopic (exact) mass is 688 g/mol. The number of amides is 2. The smallest absolute Gasteiger partial charge is 0.258 e. The van der Waals surface area contributed by atoms with Crippen molar-refractivity contribution in [3.05, 3.63) is 89.2 Å². The van der Waals surface area contributed by atoms with Gasteiger partial charge >= 0.3 is 0 Å². The van der Waals surface area contributed by atoms with Gasteiger partial charge in [-0.05, 0) is 48.5 Å². The summed E-state index contributed by atoms with van der Waals surface area (Å²) >= 11 is 6.15. The number of piperazine rings is 2. The van der Waals surface area contributed by atoms with Crippen LogP contribution in [-0.2, 0) is 14.8 Å². The summed E-state index contributed by atoms with van der Waals surface area (Å²) in [6.45, 7) is 4.22. The lowest BCUT2D eigenvalue weighted by molar-refractivity contribution is -0.132. The highest BCUT2D eigenvalue weighted by molar-refractivity contribution is 7.89. The first-order chi connectivity index (χ1) is 23.2. The van der Waals surface area contributed by atoms with Crippen molar-refractivity contribution in [1.82, 2.24) is 29.0 Å². The minimum atomic E-state index is -3.96. The number of benzene rings is 2. The standard InChI is InChI=1S/C34H37ClN8O4S/c1-39-13-12-37-33(39)24-2-4-25(5-3-24)34(45)43-19-18-42(48(46,47)31-21-26-20-27(35)6-7-30(26)38-31)23-29(43)22-32(44)41-16-14-40(15-17-41)28-8-10-36-11-9-28/h2-11,20-21,29,38H,12-19,22-23H2,1H3. The van der Waals surface area contributed by atoms with E-state index in [1.807, 2.05) is 36.2 Å². The van der Waals surface area contributed by atoms with Crippen LogP contribution in [0.4, 0.5) is 5.69 Å². The van der Waals surface area contributed by atoms with Gasteiger partial charge in [0.25, 0.3) is 15.9 Å². The van der Waals surface area contributed by atoms with Crippen LogP contribution in [0, 0.1) is 0 Å². The number of amidine groups is 1. The number of aliphatic imine (C=N–C) groups is 1. The summed E-state index contributed by atoms with van der Waals surface area (Å²) < 4.78 is 29.2. The minimum Gasteiger partial charge on any atom is -0.368 e. The van der Waals surface area contributed by atoms with Crippen LogP contribution in [0.1, 0.15) is 22.3 Å². The lowest BCUT2D eigenvalue weighted by atomic mass is 10.0. The molecule has 2 saturated heterocycles. The van der Waals surface area contributed by atoms with Gasteiger partial charge in [0, 0.05) is 111 Å². The number of anilines is 1. The highest BCUT2D eigenvalue weighted by atomic mass is 35.5. The molecule has 5 heterocycles. The highest BCUT2D eigenvalue weighted by Crippen LogP contribution is 2.28. The molecule has 250 valence electrons. The summed E-state index contributed by atoms with van der Waals surface area (Å²) in [5.74, 6) is 0.546. The third-order valence-corrected chi connectivity index (χ3v) is 11.4. The summed E-state index contributed by atoms with van der Waals surface area (Å²) in [4.78, 5) is 47.2. The van der Waals surface area contributed by atoms with Crippen LogP contribution >= 0.6 is 11.6 Å². The molecule has 1 atom stereocenters. The minimum absolute atomic E-state index is 0.00734. The molecule has 0 aliphatic carbocycles. The number of H-pyrrole nitrogens is 1. The van der Waals surface area contributed by atoms with E-state index in [1.54, 1.807) is 53.7 Å². The van der Waals surface area contributed by atoms with Crippen molar-refractivity contribution in [2.45, 2.75) is 17.5 Å². The lowest BCUT2D eigenvalue weighted by Crippen LogP contribution is -2.58. The maximum atomic E-state index is 14.0. The maximum Gasteiger partial charge on any atom is 0.258 e. The Morgan fingerprint density at radius 1 is 0.917 bits per heavy atom. The van der Waals surface area contributed by atoms with E-state index in [9.17, 15) is 18.0 Å². The van der Waals surface area contributed by atoms with Crippen molar-refractivity contribution in [3.63, 3.8) is 0 Å². The van der Waals surface area contributed by atoms with Gasteiger partial charge in [0.2, 0.25) is 5.91 Å². The van der Waals surface area contributed by atoms with Gasteiger partial charge in [-0.15, -0.1) is 0 Å².